The number of H-pyrrole nitrogens is 1. The summed E-state index contributed by atoms with van der Waals surface area (Å²) in [4.78, 5) is 15.5. The topological polar surface area (TPSA) is 78.5 Å². The number of alkyl halides is 3. The molecule has 138 valence electrons. The molecule has 4 aromatic rings. The molecule has 0 unspecified atom stereocenters. The fourth-order valence-corrected chi connectivity index (χ4v) is 2.94. The zero-order chi connectivity index (χ0) is 19.0. The molecule has 3 heterocycles. The summed E-state index contributed by atoms with van der Waals surface area (Å²) in [5.41, 5.74) is 1.65. The molecule has 0 fully saturated rings. The van der Waals surface area contributed by atoms with Gasteiger partial charge in [-0.3, -0.25) is 4.98 Å². The minimum Gasteiger partial charge on any atom is -0.360 e. The van der Waals surface area contributed by atoms with E-state index >= 15 is 0 Å². The number of benzene rings is 1. The number of hydrogen-bond acceptors (Lipinski definition) is 5. The Morgan fingerprint density at radius 3 is 2.81 bits per heavy atom. The van der Waals surface area contributed by atoms with Gasteiger partial charge in [-0.25, -0.2) is 0 Å². The van der Waals surface area contributed by atoms with Crippen LogP contribution in [0.3, 0.4) is 0 Å². The van der Waals surface area contributed by atoms with Crippen molar-refractivity contribution in [1.29, 1.82) is 0 Å². The molecule has 10 heteroatoms. The normalized spacial score (nSPS) is 11.9. The summed E-state index contributed by atoms with van der Waals surface area (Å²) in [6.45, 7) is -1.20. The molecular weight excluding hydrogens is 381 g/mol. The predicted octanol–water partition coefficient (Wildman–Crippen LogP) is 4.88. The van der Waals surface area contributed by atoms with Crippen molar-refractivity contribution in [2.45, 2.75) is 6.18 Å². The highest BCUT2D eigenvalue weighted by Crippen LogP contribution is 2.29. The number of anilines is 3. The Bertz CT molecular complexity index is 1120. The van der Waals surface area contributed by atoms with Gasteiger partial charge in [0.25, 0.3) is 0 Å². The highest BCUT2D eigenvalue weighted by molar-refractivity contribution is 6.35. The molecule has 0 aliphatic rings. The first kappa shape index (κ1) is 17.3. The minimum atomic E-state index is -4.36. The van der Waals surface area contributed by atoms with Crippen molar-refractivity contribution < 1.29 is 13.2 Å². The van der Waals surface area contributed by atoms with Gasteiger partial charge in [0, 0.05) is 23.5 Å². The van der Waals surface area contributed by atoms with Crippen molar-refractivity contribution in [2.75, 3.05) is 17.2 Å². The molecule has 6 nitrogen and oxygen atoms in total. The second-order valence-corrected chi connectivity index (χ2v) is 6.17. The van der Waals surface area contributed by atoms with Crippen LogP contribution in [0, 0.1) is 0 Å². The summed E-state index contributed by atoms with van der Waals surface area (Å²) in [6, 6.07) is 8.70. The van der Waals surface area contributed by atoms with E-state index in [1.54, 1.807) is 36.7 Å². The Labute approximate surface area is 155 Å². The van der Waals surface area contributed by atoms with Crippen molar-refractivity contribution in [3.05, 3.63) is 47.7 Å². The molecule has 0 atom stereocenters. The first-order valence-corrected chi connectivity index (χ1v) is 8.24. The number of pyridine rings is 1. The smallest absolute Gasteiger partial charge is 0.360 e. The van der Waals surface area contributed by atoms with Gasteiger partial charge in [-0.2, -0.15) is 23.1 Å². The average molecular weight is 393 g/mol. The van der Waals surface area contributed by atoms with Gasteiger partial charge in [0.15, 0.2) is 0 Å². The Balaban J connectivity index is 1.69. The van der Waals surface area contributed by atoms with Crippen LogP contribution >= 0.6 is 11.6 Å². The second-order valence-electron chi connectivity index (χ2n) is 5.76. The number of aromatic nitrogens is 4. The monoisotopic (exact) mass is 392 g/mol. The molecule has 4 rings (SSSR count). The number of hydrogen-bond donors (Lipinski definition) is 3. The third-order valence-electron chi connectivity index (χ3n) is 3.79. The maximum Gasteiger partial charge on any atom is 0.405 e. The molecule has 1 aromatic carbocycles. The van der Waals surface area contributed by atoms with Gasteiger partial charge >= 0.3 is 6.18 Å². The summed E-state index contributed by atoms with van der Waals surface area (Å²) in [6.07, 6.45) is -1.14. The highest BCUT2D eigenvalue weighted by atomic mass is 35.5. The SMILES string of the molecule is FC(F)(F)CNc1nc(Nc2cc(Cl)c3ncccc3c2)nc2[nH]ccc12. The maximum atomic E-state index is 12.6. The van der Waals surface area contributed by atoms with Gasteiger partial charge in [0.1, 0.15) is 18.0 Å². The van der Waals surface area contributed by atoms with Crippen LogP contribution < -0.4 is 10.6 Å². The highest BCUT2D eigenvalue weighted by Gasteiger charge is 2.27. The minimum absolute atomic E-state index is 0.0784. The summed E-state index contributed by atoms with van der Waals surface area (Å²) in [5.74, 6) is 0.212. The standard InChI is InChI=1S/C17H12ClF3N6/c18-12-7-10(6-9-2-1-4-22-13(9)12)25-16-26-14-11(3-5-23-14)15(27-16)24-8-17(19,20)21/h1-7H,8H2,(H3,23,24,25,26,27). The van der Waals surface area contributed by atoms with E-state index in [2.05, 4.69) is 30.6 Å². The van der Waals surface area contributed by atoms with E-state index in [0.717, 1.165) is 5.39 Å². The Hall–Kier alpha value is -3.07. The van der Waals surface area contributed by atoms with Crippen LogP contribution in [0.5, 0.6) is 0 Å². The first-order chi connectivity index (χ1) is 12.9. The summed E-state index contributed by atoms with van der Waals surface area (Å²) in [7, 11) is 0. The van der Waals surface area contributed by atoms with Crippen LogP contribution in [0.1, 0.15) is 0 Å². The van der Waals surface area contributed by atoms with Crippen molar-refractivity contribution in [3.8, 4) is 0 Å². The number of nitrogens with zero attached hydrogens (tertiary/aromatic N) is 3. The zero-order valence-electron chi connectivity index (χ0n) is 13.6. The molecule has 27 heavy (non-hydrogen) atoms. The van der Waals surface area contributed by atoms with Crippen LogP contribution in [0.4, 0.5) is 30.6 Å². The number of fused-ring (bicyclic) bond motifs is 2. The van der Waals surface area contributed by atoms with Gasteiger partial charge < -0.3 is 15.6 Å². The van der Waals surface area contributed by atoms with Crippen LogP contribution in [-0.2, 0) is 0 Å². The molecule has 3 aromatic heterocycles. The van der Waals surface area contributed by atoms with Crippen molar-refractivity contribution >= 4 is 51.0 Å². The van der Waals surface area contributed by atoms with E-state index in [1.165, 1.54) is 0 Å². The lowest BCUT2D eigenvalue weighted by molar-refractivity contribution is -0.115. The predicted molar refractivity (Wildman–Crippen MR) is 98.5 cm³/mol. The van der Waals surface area contributed by atoms with E-state index in [1.807, 2.05) is 6.07 Å². The van der Waals surface area contributed by atoms with E-state index in [4.69, 9.17) is 11.6 Å². The second kappa shape index (κ2) is 6.58. The third kappa shape index (κ3) is 3.72. The lowest BCUT2D eigenvalue weighted by Gasteiger charge is -2.12. The van der Waals surface area contributed by atoms with Crippen molar-refractivity contribution in [1.82, 2.24) is 19.9 Å². The number of aromatic amines is 1. The van der Waals surface area contributed by atoms with E-state index in [-0.39, 0.29) is 11.8 Å². The van der Waals surface area contributed by atoms with Crippen molar-refractivity contribution in [3.63, 3.8) is 0 Å². The van der Waals surface area contributed by atoms with Gasteiger partial charge in [-0.05, 0) is 24.3 Å². The quantitative estimate of drug-likeness (QED) is 0.461. The lowest BCUT2D eigenvalue weighted by atomic mass is 10.2. The fraction of sp³-hybridized carbons (Fsp3) is 0.118. The summed E-state index contributed by atoms with van der Waals surface area (Å²) in [5, 5.41) is 7.00. The Kier molecular flexibility index (Phi) is 4.23. The van der Waals surface area contributed by atoms with Gasteiger partial charge in [0.2, 0.25) is 5.95 Å². The van der Waals surface area contributed by atoms with E-state index < -0.39 is 12.7 Å². The molecule has 0 aliphatic heterocycles. The van der Waals surface area contributed by atoms with Gasteiger partial charge in [-0.1, -0.05) is 17.7 Å². The molecule has 0 aliphatic carbocycles. The summed E-state index contributed by atoms with van der Waals surface area (Å²) < 4.78 is 37.7. The van der Waals surface area contributed by atoms with Gasteiger partial charge in [0.05, 0.1) is 15.9 Å². The van der Waals surface area contributed by atoms with E-state index in [9.17, 15) is 13.2 Å². The van der Waals surface area contributed by atoms with Crippen LogP contribution in [0.2, 0.25) is 5.02 Å². The molecule has 0 spiro atoms. The third-order valence-corrected chi connectivity index (χ3v) is 4.07. The largest absolute Gasteiger partial charge is 0.405 e. The summed E-state index contributed by atoms with van der Waals surface area (Å²) >= 11 is 6.25. The van der Waals surface area contributed by atoms with Crippen molar-refractivity contribution in [2.24, 2.45) is 0 Å². The number of rotatable bonds is 4. The molecule has 0 saturated carbocycles. The number of halogens is 4. The lowest BCUT2D eigenvalue weighted by Crippen LogP contribution is -2.22. The van der Waals surface area contributed by atoms with Crippen LogP contribution in [0.15, 0.2) is 42.7 Å². The Morgan fingerprint density at radius 1 is 1.15 bits per heavy atom. The Morgan fingerprint density at radius 2 is 2.00 bits per heavy atom. The molecule has 0 radical (unpaired) electrons. The number of nitrogens with one attached hydrogen (secondary N) is 3. The molecule has 0 saturated heterocycles. The zero-order valence-corrected chi connectivity index (χ0v) is 14.4. The first-order valence-electron chi connectivity index (χ1n) is 7.86. The van der Waals surface area contributed by atoms with Crippen LogP contribution in [0.25, 0.3) is 21.9 Å². The fourth-order valence-electron chi connectivity index (χ4n) is 2.66. The maximum absolute atomic E-state index is 12.6. The van der Waals surface area contributed by atoms with Crippen LogP contribution in [-0.4, -0.2) is 32.7 Å². The molecule has 0 bridgehead atoms. The molecule has 0 amide bonds. The molecule has 3 N–H and O–H groups in total. The van der Waals surface area contributed by atoms with Gasteiger partial charge in [-0.15, -0.1) is 0 Å². The average Bonchev–Trinajstić information content (AvgIpc) is 3.08. The van der Waals surface area contributed by atoms with E-state index in [0.29, 0.717) is 27.3 Å². The molecular formula is C17H12ClF3N6.